The monoisotopic (exact) mass is 266 g/mol. The quantitative estimate of drug-likeness (QED) is 0.801. The summed E-state index contributed by atoms with van der Waals surface area (Å²) in [6.45, 7) is 0.604. The molecule has 2 aromatic rings. The Bertz CT molecular complexity index is 502. The Hall–Kier alpha value is -1.21. The lowest BCUT2D eigenvalue weighted by Gasteiger charge is -2.06. The SMILES string of the molecule is OB(O)c1ccc(COCc2cccs2)c(F)c1. The van der Waals surface area contributed by atoms with Crippen molar-refractivity contribution in [1.29, 1.82) is 0 Å². The molecule has 0 unspecified atom stereocenters. The van der Waals surface area contributed by atoms with Crippen molar-refractivity contribution in [1.82, 2.24) is 0 Å². The summed E-state index contributed by atoms with van der Waals surface area (Å²) >= 11 is 1.58. The van der Waals surface area contributed by atoms with Crippen LogP contribution in [0.15, 0.2) is 35.7 Å². The van der Waals surface area contributed by atoms with Gasteiger partial charge in [0.25, 0.3) is 0 Å². The zero-order chi connectivity index (χ0) is 13.0. The molecule has 0 atom stereocenters. The molecule has 0 fully saturated rings. The van der Waals surface area contributed by atoms with E-state index >= 15 is 0 Å². The molecule has 18 heavy (non-hydrogen) atoms. The number of hydrogen-bond donors (Lipinski definition) is 2. The summed E-state index contributed by atoms with van der Waals surface area (Å²) in [5.74, 6) is -0.494. The maximum Gasteiger partial charge on any atom is 0.488 e. The molecule has 1 heterocycles. The van der Waals surface area contributed by atoms with Crippen LogP contribution in [-0.2, 0) is 18.0 Å². The molecule has 94 valence electrons. The highest BCUT2D eigenvalue weighted by Crippen LogP contribution is 2.12. The molecule has 6 heteroatoms. The number of rotatable bonds is 5. The highest BCUT2D eigenvalue weighted by atomic mass is 32.1. The number of ether oxygens (including phenoxy) is 1. The summed E-state index contributed by atoms with van der Waals surface area (Å²) < 4.78 is 19.0. The van der Waals surface area contributed by atoms with E-state index in [0.717, 1.165) is 10.9 Å². The van der Waals surface area contributed by atoms with E-state index in [4.69, 9.17) is 14.8 Å². The maximum absolute atomic E-state index is 13.6. The summed E-state index contributed by atoms with van der Waals surface area (Å²) in [5.41, 5.74) is 0.533. The minimum atomic E-state index is -1.65. The molecule has 0 aliphatic carbocycles. The van der Waals surface area contributed by atoms with Gasteiger partial charge in [-0.05, 0) is 23.0 Å². The molecule has 0 bridgehead atoms. The molecule has 0 saturated heterocycles. The summed E-state index contributed by atoms with van der Waals surface area (Å²) in [7, 11) is -1.65. The van der Waals surface area contributed by atoms with E-state index in [0.29, 0.717) is 12.2 Å². The lowest BCUT2D eigenvalue weighted by Crippen LogP contribution is -2.30. The zero-order valence-electron chi connectivity index (χ0n) is 9.54. The predicted molar refractivity (Wildman–Crippen MR) is 69.0 cm³/mol. The van der Waals surface area contributed by atoms with Crippen LogP contribution in [0.2, 0.25) is 0 Å². The molecule has 1 aromatic heterocycles. The van der Waals surface area contributed by atoms with Crippen LogP contribution in [0.4, 0.5) is 4.39 Å². The number of hydrogen-bond acceptors (Lipinski definition) is 4. The van der Waals surface area contributed by atoms with Crippen molar-refractivity contribution < 1.29 is 19.2 Å². The van der Waals surface area contributed by atoms with Crippen LogP contribution in [-0.4, -0.2) is 17.2 Å². The minimum Gasteiger partial charge on any atom is -0.423 e. The van der Waals surface area contributed by atoms with Crippen LogP contribution in [0.25, 0.3) is 0 Å². The van der Waals surface area contributed by atoms with Gasteiger partial charge in [0.1, 0.15) is 5.82 Å². The van der Waals surface area contributed by atoms with Gasteiger partial charge in [-0.15, -0.1) is 11.3 Å². The average molecular weight is 266 g/mol. The summed E-state index contributed by atoms with van der Waals surface area (Å²) in [4.78, 5) is 1.08. The van der Waals surface area contributed by atoms with Crippen LogP contribution in [0.3, 0.4) is 0 Å². The maximum atomic E-state index is 13.6. The first kappa shape index (κ1) is 13.2. The van der Waals surface area contributed by atoms with Gasteiger partial charge < -0.3 is 14.8 Å². The van der Waals surface area contributed by atoms with Gasteiger partial charge in [0.05, 0.1) is 13.2 Å². The molecule has 0 spiro atoms. The summed E-state index contributed by atoms with van der Waals surface area (Å²) in [5, 5.41) is 19.8. The van der Waals surface area contributed by atoms with E-state index in [2.05, 4.69) is 0 Å². The molecule has 1 aromatic carbocycles. The Labute approximate surface area is 109 Å². The van der Waals surface area contributed by atoms with Gasteiger partial charge >= 0.3 is 7.12 Å². The molecule has 0 radical (unpaired) electrons. The average Bonchev–Trinajstić information content (AvgIpc) is 2.84. The fraction of sp³-hybridized carbons (Fsp3) is 0.167. The highest BCUT2D eigenvalue weighted by Gasteiger charge is 2.13. The summed E-state index contributed by atoms with van der Waals surface area (Å²) in [6.07, 6.45) is 0. The first-order valence-corrected chi connectivity index (χ1v) is 6.29. The van der Waals surface area contributed by atoms with Gasteiger partial charge in [-0.2, -0.15) is 0 Å². The van der Waals surface area contributed by atoms with Gasteiger partial charge in [-0.25, -0.2) is 4.39 Å². The lowest BCUT2D eigenvalue weighted by atomic mass is 9.80. The van der Waals surface area contributed by atoms with E-state index in [1.165, 1.54) is 12.1 Å². The van der Waals surface area contributed by atoms with Crippen molar-refractivity contribution >= 4 is 23.9 Å². The third-order valence-electron chi connectivity index (χ3n) is 2.46. The van der Waals surface area contributed by atoms with E-state index in [1.54, 1.807) is 11.3 Å². The Kier molecular flexibility index (Phi) is 4.49. The third-order valence-corrected chi connectivity index (χ3v) is 3.31. The number of benzene rings is 1. The molecule has 0 saturated carbocycles. The van der Waals surface area contributed by atoms with Crippen molar-refractivity contribution in [2.75, 3.05) is 0 Å². The molecule has 2 rings (SSSR count). The van der Waals surface area contributed by atoms with E-state index < -0.39 is 12.9 Å². The Morgan fingerprint density at radius 3 is 2.67 bits per heavy atom. The molecule has 0 amide bonds. The fourth-order valence-corrected chi connectivity index (χ4v) is 2.14. The molecular formula is C12H12BFO3S. The molecular weight excluding hydrogens is 254 g/mol. The molecule has 2 N–H and O–H groups in total. The van der Waals surface area contributed by atoms with Crippen molar-refractivity contribution in [2.24, 2.45) is 0 Å². The van der Waals surface area contributed by atoms with Crippen LogP contribution in [0.5, 0.6) is 0 Å². The Balaban J connectivity index is 1.93. The fourth-order valence-electron chi connectivity index (χ4n) is 1.50. The van der Waals surface area contributed by atoms with E-state index in [9.17, 15) is 4.39 Å². The van der Waals surface area contributed by atoms with Crippen LogP contribution < -0.4 is 5.46 Å². The van der Waals surface area contributed by atoms with Gasteiger partial charge in [0, 0.05) is 10.4 Å². The number of thiophene rings is 1. The van der Waals surface area contributed by atoms with Crippen LogP contribution in [0.1, 0.15) is 10.4 Å². The van der Waals surface area contributed by atoms with Crippen molar-refractivity contribution in [2.45, 2.75) is 13.2 Å². The van der Waals surface area contributed by atoms with Crippen molar-refractivity contribution in [3.8, 4) is 0 Å². The van der Waals surface area contributed by atoms with Gasteiger partial charge in [0.2, 0.25) is 0 Å². The van der Waals surface area contributed by atoms with Gasteiger partial charge in [-0.3, -0.25) is 0 Å². The first-order valence-electron chi connectivity index (χ1n) is 5.41. The highest BCUT2D eigenvalue weighted by molar-refractivity contribution is 7.09. The van der Waals surface area contributed by atoms with Crippen molar-refractivity contribution in [3.05, 3.63) is 52.0 Å². The zero-order valence-corrected chi connectivity index (χ0v) is 10.4. The summed E-state index contributed by atoms with van der Waals surface area (Å²) in [6, 6.07) is 7.96. The topological polar surface area (TPSA) is 49.7 Å². The van der Waals surface area contributed by atoms with Gasteiger partial charge in [-0.1, -0.05) is 18.2 Å². The standard InChI is InChI=1S/C12H12BFO3S/c14-12-6-10(13(15)16)4-3-9(12)7-17-8-11-2-1-5-18-11/h1-6,15-16H,7-8H2. The molecule has 3 nitrogen and oxygen atoms in total. The second-order valence-corrected chi connectivity index (χ2v) is 4.83. The normalized spacial score (nSPS) is 10.6. The second kappa shape index (κ2) is 6.11. The van der Waals surface area contributed by atoms with Crippen LogP contribution >= 0.6 is 11.3 Å². The Morgan fingerprint density at radius 1 is 1.22 bits per heavy atom. The van der Waals surface area contributed by atoms with Crippen LogP contribution in [0, 0.1) is 5.82 Å². The van der Waals surface area contributed by atoms with E-state index in [1.807, 2.05) is 17.5 Å². The predicted octanol–water partition coefficient (Wildman–Crippen LogP) is 1.28. The molecule has 0 aliphatic heterocycles. The lowest BCUT2D eigenvalue weighted by molar-refractivity contribution is 0.107. The minimum absolute atomic E-state index is 0.134. The smallest absolute Gasteiger partial charge is 0.423 e. The van der Waals surface area contributed by atoms with Crippen molar-refractivity contribution in [3.63, 3.8) is 0 Å². The second-order valence-electron chi connectivity index (χ2n) is 3.80. The number of halogens is 1. The van der Waals surface area contributed by atoms with Gasteiger partial charge in [0.15, 0.2) is 0 Å². The molecule has 0 aliphatic rings. The largest absolute Gasteiger partial charge is 0.488 e. The first-order chi connectivity index (χ1) is 8.66. The third kappa shape index (κ3) is 3.40. The van der Waals surface area contributed by atoms with E-state index in [-0.39, 0.29) is 12.1 Å². The Morgan fingerprint density at radius 2 is 2.06 bits per heavy atom.